The Labute approximate surface area is 159 Å². The maximum absolute atomic E-state index is 11.8. The van der Waals surface area contributed by atoms with Crippen LogP contribution >= 0.6 is 0 Å². The Balaban J connectivity index is 1.71. The summed E-state index contributed by atoms with van der Waals surface area (Å²) in [5, 5.41) is 20.7. The van der Waals surface area contributed by atoms with E-state index in [4.69, 9.17) is 9.84 Å². The molecule has 8 heteroatoms. The van der Waals surface area contributed by atoms with Crippen LogP contribution < -0.4 is 5.43 Å². The summed E-state index contributed by atoms with van der Waals surface area (Å²) in [4.78, 5) is 25.4. The summed E-state index contributed by atoms with van der Waals surface area (Å²) in [6.45, 7) is 4.21. The highest BCUT2D eigenvalue weighted by atomic mass is 16.5. The molecule has 3 heterocycles. The molecule has 1 unspecified atom stereocenters. The van der Waals surface area contributed by atoms with Gasteiger partial charge in [-0.05, 0) is 57.7 Å². The number of likely N-dealkylation sites (tertiary alicyclic amines) is 1. The van der Waals surface area contributed by atoms with Gasteiger partial charge in [-0.25, -0.2) is 9.59 Å². The largest absolute Gasteiger partial charge is 0.478 e. The molecule has 150 valence electrons. The molecule has 3 aliphatic heterocycles. The monoisotopic (exact) mass is 379 g/mol. The van der Waals surface area contributed by atoms with Gasteiger partial charge in [-0.3, -0.25) is 0 Å². The zero-order valence-corrected chi connectivity index (χ0v) is 15.7. The Morgan fingerprint density at radius 1 is 1.15 bits per heavy atom. The highest BCUT2D eigenvalue weighted by Crippen LogP contribution is 2.34. The lowest BCUT2D eigenvalue weighted by Gasteiger charge is -2.34. The number of aliphatic carboxylic acids is 2. The van der Waals surface area contributed by atoms with Gasteiger partial charge in [0.05, 0.1) is 12.2 Å². The van der Waals surface area contributed by atoms with Gasteiger partial charge in [-0.1, -0.05) is 6.42 Å². The first-order valence-corrected chi connectivity index (χ1v) is 9.82. The SMILES string of the molecule is O=C(O)/C=C(\C(=O)O)C1(OCCCN2CCCCC2)C=C2CCCCN2N1. The number of nitrogens with one attached hydrogen (secondary N) is 1. The highest BCUT2D eigenvalue weighted by Gasteiger charge is 2.45. The molecular weight excluding hydrogens is 350 g/mol. The van der Waals surface area contributed by atoms with Crippen LogP contribution in [0.1, 0.15) is 44.9 Å². The third-order valence-corrected chi connectivity index (χ3v) is 5.38. The molecule has 0 aromatic heterocycles. The number of ether oxygens (including phenoxy) is 1. The van der Waals surface area contributed by atoms with Crippen LogP contribution in [-0.4, -0.2) is 70.6 Å². The van der Waals surface area contributed by atoms with Gasteiger partial charge in [0.25, 0.3) is 0 Å². The van der Waals surface area contributed by atoms with Crippen LogP contribution in [0.2, 0.25) is 0 Å². The van der Waals surface area contributed by atoms with E-state index in [1.165, 1.54) is 19.3 Å². The van der Waals surface area contributed by atoms with Gasteiger partial charge in [-0.15, -0.1) is 0 Å². The first-order chi connectivity index (χ1) is 13.0. The van der Waals surface area contributed by atoms with E-state index in [0.29, 0.717) is 6.61 Å². The molecule has 0 aromatic carbocycles. The predicted molar refractivity (Wildman–Crippen MR) is 98.7 cm³/mol. The first-order valence-electron chi connectivity index (χ1n) is 9.82. The van der Waals surface area contributed by atoms with Crippen LogP contribution in [0.5, 0.6) is 0 Å². The van der Waals surface area contributed by atoms with Crippen molar-refractivity contribution < 1.29 is 24.5 Å². The van der Waals surface area contributed by atoms with Gasteiger partial charge in [0.2, 0.25) is 0 Å². The van der Waals surface area contributed by atoms with Crippen molar-refractivity contribution in [3.8, 4) is 0 Å². The standard InChI is InChI=1S/C19H29N3O5/c23-17(24)13-16(18(25)26)19(14-15-7-2-5-11-22(15)20-19)27-12-6-10-21-8-3-1-4-9-21/h13-14,20H,1-12H2,(H,23,24)(H,25,26)/b16-13+. The number of nitrogens with zero attached hydrogens (tertiary/aromatic N) is 2. The number of carboxylic acid groups (broad SMARTS) is 2. The van der Waals surface area contributed by atoms with Crippen molar-refractivity contribution in [2.45, 2.75) is 50.7 Å². The van der Waals surface area contributed by atoms with E-state index in [-0.39, 0.29) is 5.57 Å². The first kappa shape index (κ1) is 19.9. The third-order valence-electron chi connectivity index (χ3n) is 5.38. The lowest BCUT2D eigenvalue weighted by atomic mass is 10.0. The molecule has 0 saturated carbocycles. The van der Waals surface area contributed by atoms with Crippen molar-refractivity contribution in [3.05, 3.63) is 23.4 Å². The molecule has 0 amide bonds. The van der Waals surface area contributed by atoms with E-state index < -0.39 is 17.7 Å². The second-order valence-corrected chi connectivity index (χ2v) is 7.40. The van der Waals surface area contributed by atoms with E-state index in [9.17, 15) is 14.7 Å². The van der Waals surface area contributed by atoms with E-state index in [1.54, 1.807) is 6.08 Å². The number of carboxylic acids is 2. The van der Waals surface area contributed by atoms with E-state index in [2.05, 4.69) is 10.3 Å². The second kappa shape index (κ2) is 8.86. The summed E-state index contributed by atoms with van der Waals surface area (Å²) >= 11 is 0. The highest BCUT2D eigenvalue weighted by molar-refractivity contribution is 5.97. The summed E-state index contributed by atoms with van der Waals surface area (Å²) in [5.74, 6) is -2.59. The molecular formula is C19H29N3O5. The summed E-state index contributed by atoms with van der Waals surface area (Å²) < 4.78 is 6.03. The number of allylic oxidation sites excluding steroid dienone is 1. The van der Waals surface area contributed by atoms with E-state index >= 15 is 0 Å². The van der Waals surface area contributed by atoms with Crippen molar-refractivity contribution in [3.63, 3.8) is 0 Å². The summed E-state index contributed by atoms with van der Waals surface area (Å²) in [6, 6.07) is 0. The smallest absolute Gasteiger partial charge is 0.336 e. The fraction of sp³-hybridized carbons (Fsp3) is 0.684. The Morgan fingerprint density at radius 2 is 1.89 bits per heavy atom. The molecule has 0 spiro atoms. The average Bonchev–Trinajstić information content (AvgIpc) is 3.03. The molecule has 0 aliphatic carbocycles. The predicted octanol–water partition coefficient (Wildman–Crippen LogP) is 1.56. The van der Waals surface area contributed by atoms with E-state index in [0.717, 1.165) is 63.6 Å². The molecule has 27 heavy (non-hydrogen) atoms. The topological polar surface area (TPSA) is 102 Å². The number of fused-ring (bicyclic) bond motifs is 1. The van der Waals surface area contributed by atoms with Gasteiger partial charge < -0.3 is 24.9 Å². The van der Waals surface area contributed by atoms with Crippen LogP contribution in [0, 0.1) is 0 Å². The zero-order chi connectivity index (χ0) is 19.3. The maximum atomic E-state index is 11.8. The van der Waals surface area contributed by atoms with Crippen LogP contribution in [0.4, 0.5) is 0 Å². The van der Waals surface area contributed by atoms with Crippen LogP contribution in [0.3, 0.4) is 0 Å². The molecule has 8 nitrogen and oxygen atoms in total. The lowest BCUT2D eigenvalue weighted by Crippen LogP contribution is -2.53. The minimum Gasteiger partial charge on any atom is -0.478 e. The number of piperidine rings is 2. The van der Waals surface area contributed by atoms with Gasteiger partial charge in [-0.2, -0.15) is 5.43 Å². The van der Waals surface area contributed by atoms with Gasteiger partial charge in [0.15, 0.2) is 5.72 Å². The Hall–Kier alpha value is -1.90. The summed E-state index contributed by atoms with van der Waals surface area (Å²) in [5.41, 5.74) is 2.37. The number of hydrogen-bond acceptors (Lipinski definition) is 6. The normalized spacial score (nSPS) is 26.6. The average molecular weight is 379 g/mol. The fourth-order valence-corrected chi connectivity index (χ4v) is 4.05. The lowest BCUT2D eigenvalue weighted by molar-refractivity contribution is -0.139. The van der Waals surface area contributed by atoms with Crippen LogP contribution in [0.15, 0.2) is 23.4 Å². The molecule has 3 rings (SSSR count). The number of hydrogen-bond donors (Lipinski definition) is 3. The molecule has 0 radical (unpaired) electrons. The Morgan fingerprint density at radius 3 is 2.56 bits per heavy atom. The molecule has 0 bridgehead atoms. The van der Waals surface area contributed by atoms with Crippen LogP contribution in [0.25, 0.3) is 0 Å². The number of carbonyl (C=O) groups is 2. The van der Waals surface area contributed by atoms with Crippen molar-refractivity contribution in [2.75, 3.05) is 32.8 Å². The van der Waals surface area contributed by atoms with Gasteiger partial charge in [0, 0.05) is 24.9 Å². The minimum atomic E-state index is -1.42. The maximum Gasteiger partial charge on any atom is 0.336 e. The quantitative estimate of drug-likeness (QED) is 0.431. The third kappa shape index (κ3) is 4.88. The molecule has 3 N–H and O–H groups in total. The van der Waals surface area contributed by atoms with Crippen LogP contribution in [-0.2, 0) is 14.3 Å². The van der Waals surface area contributed by atoms with Gasteiger partial charge >= 0.3 is 11.9 Å². The zero-order valence-electron chi connectivity index (χ0n) is 15.7. The molecule has 3 aliphatic rings. The minimum absolute atomic E-state index is 0.296. The molecule has 0 aromatic rings. The van der Waals surface area contributed by atoms with Gasteiger partial charge in [0.1, 0.15) is 0 Å². The fourth-order valence-electron chi connectivity index (χ4n) is 4.05. The molecule has 2 saturated heterocycles. The van der Waals surface area contributed by atoms with Crippen molar-refractivity contribution >= 4 is 11.9 Å². The van der Waals surface area contributed by atoms with E-state index in [1.807, 2.05) is 5.01 Å². The molecule has 1 atom stereocenters. The van der Waals surface area contributed by atoms with Crippen molar-refractivity contribution in [2.24, 2.45) is 0 Å². The number of hydrazine groups is 1. The summed E-state index contributed by atoms with van der Waals surface area (Å²) in [7, 11) is 0. The number of rotatable bonds is 8. The molecule has 2 fully saturated rings. The summed E-state index contributed by atoms with van der Waals surface area (Å²) in [6.07, 6.45) is 9.83. The van der Waals surface area contributed by atoms with Crippen molar-refractivity contribution in [1.29, 1.82) is 0 Å². The second-order valence-electron chi connectivity index (χ2n) is 7.40. The Bertz CT molecular complexity index is 627. The Kier molecular flexibility index (Phi) is 6.51. The van der Waals surface area contributed by atoms with Crippen molar-refractivity contribution in [1.82, 2.24) is 15.3 Å².